The van der Waals surface area contributed by atoms with Crippen LogP contribution in [0, 0.1) is 0 Å². The number of carbonyl (C=O) groups is 1. The summed E-state index contributed by atoms with van der Waals surface area (Å²) in [7, 11) is 0. The Morgan fingerprint density at radius 1 is 1.47 bits per heavy atom. The van der Waals surface area contributed by atoms with Gasteiger partial charge in [-0.3, -0.25) is 5.43 Å². The second-order valence-corrected chi connectivity index (χ2v) is 4.21. The fourth-order valence-corrected chi connectivity index (χ4v) is 1.81. The summed E-state index contributed by atoms with van der Waals surface area (Å²) in [6.07, 6.45) is 1.65. The fraction of sp³-hybridized carbons (Fsp3) is 0.167. The van der Waals surface area contributed by atoms with Gasteiger partial charge in [0.15, 0.2) is 5.00 Å². The van der Waals surface area contributed by atoms with Crippen LogP contribution in [0.1, 0.15) is 23.0 Å². The Labute approximate surface area is 114 Å². The molecule has 0 saturated carbocycles. The van der Waals surface area contributed by atoms with Crippen LogP contribution in [0.15, 0.2) is 35.4 Å². The molecule has 0 amide bonds. The minimum absolute atomic E-state index is 0.150. The van der Waals surface area contributed by atoms with Crippen LogP contribution in [0.3, 0.4) is 0 Å². The van der Waals surface area contributed by atoms with Crippen molar-refractivity contribution in [2.24, 2.45) is 5.10 Å². The van der Waals surface area contributed by atoms with Gasteiger partial charge in [0.2, 0.25) is 5.69 Å². The molecule has 0 aliphatic rings. The summed E-state index contributed by atoms with van der Waals surface area (Å²) >= 11 is 1.05. The third-order valence-electron chi connectivity index (χ3n) is 2.14. The van der Waals surface area contributed by atoms with Gasteiger partial charge in [-0.15, -0.1) is 5.10 Å². The fourth-order valence-electron chi connectivity index (χ4n) is 1.30. The van der Waals surface area contributed by atoms with E-state index in [-0.39, 0.29) is 5.69 Å². The summed E-state index contributed by atoms with van der Waals surface area (Å²) in [6.45, 7) is 2.03. The van der Waals surface area contributed by atoms with Gasteiger partial charge in [0.05, 0.1) is 12.8 Å². The third kappa shape index (κ3) is 3.59. The molecule has 6 nitrogen and oxygen atoms in total. The van der Waals surface area contributed by atoms with Gasteiger partial charge in [0, 0.05) is 11.5 Å². The number of anilines is 1. The largest absolute Gasteiger partial charge is 0.461 e. The molecule has 0 unspecified atom stereocenters. The van der Waals surface area contributed by atoms with Crippen molar-refractivity contribution in [3.63, 3.8) is 0 Å². The first-order chi connectivity index (χ1) is 9.31. The van der Waals surface area contributed by atoms with Crippen LogP contribution in [-0.4, -0.2) is 28.4 Å². The van der Waals surface area contributed by atoms with Crippen molar-refractivity contribution in [2.75, 3.05) is 12.0 Å². The molecule has 0 atom stereocenters. The molecule has 0 fully saturated rings. The molecule has 2 aromatic rings. The van der Waals surface area contributed by atoms with Gasteiger partial charge in [-0.1, -0.05) is 34.8 Å². The van der Waals surface area contributed by atoms with Crippen molar-refractivity contribution in [2.45, 2.75) is 6.92 Å². The molecule has 2 rings (SSSR count). The molecule has 1 aromatic heterocycles. The monoisotopic (exact) mass is 276 g/mol. The van der Waals surface area contributed by atoms with E-state index in [1.54, 1.807) is 13.1 Å². The number of ether oxygens (including phenoxy) is 1. The number of esters is 1. The molecular formula is C12H12N4O2S. The number of aromatic nitrogens is 2. The molecule has 0 spiro atoms. The molecule has 0 bridgehead atoms. The number of hydrogen-bond acceptors (Lipinski definition) is 7. The molecule has 98 valence electrons. The summed E-state index contributed by atoms with van der Waals surface area (Å²) in [5.74, 6) is -0.506. The summed E-state index contributed by atoms with van der Waals surface area (Å²) in [4.78, 5) is 11.5. The van der Waals surface area contributed by atoms with Gasteiger partial charge < -0.3 is 4.74 Å². The van der Waals surface area contributed by atoms with Gasteiger partial charge in [-0.2, -0.15) is 5.10 Å². The Morgan fingerprint density at radius 3 is 3.00 bits per heavy atom. The molecular weight excluding hydrogens is 264 g/mol. The van der Waals surface area contributed by atoms with Gasteiger partial charge in [0.1, 0.15) is 0 Å². The molecule has 1 aromatic carbocycles. The molecule has 1 N–H and O–H groups in total. The summed E-state index contributed by atoms with van der Waals surface area (Å²) < 4.78 is 8.57. The van der Waals surface area contributed by atoms with Crippen LogP contribution >= 0.6 is 11.5 Å². The van der Waals surface area contributed by atoms with Crippen molar-refractivity contribution < 1.29 is 9.53 Å². The van der Waals surface area contributed by atoms with Gasteiger partial charge in [-0.25, -0.2) is 4.79 Å². The van der Waals surface area contributed by atoms with E-state index in [4.69, 9.17) is 4.74 Å². The van der Waals surface area contributed by atoms with Gasteiger partial charge in [-0.05, 0) is 12.5 Å². The minimum atomic E-state index is -0.506. The zero-order valence-corrected chi connectivity index (χ0v) is 11.1. The second-order valence-electron chi connectivity index (χ2n) is 3.45. The lowest BCUT2D eigenvalue weighted by molar-refractivity contribution is 0.0520. The van der Waals surface area contributed by atoms with E-state index in [1.807, 2.05) is 30.3 Å². The van der Waals surface area contributed by atoms with Crippen molar-refractivity contribution in [3.05, 3.63) is 41.6 Å². The number of rotatable bonds is 5. The minimum Gasteiger partial charge on any atom is -0.461 e. The lowest BCUT2D eigenvalue weighted by Crippen LogP contribution is -2.07. The van der Waals surface area contributed by atoms with E-state index >= 15 is 0 Å². The maximum Gasteiger partial charge on any atom is 0.362 e. The SMILES string of the molecule is CCOC(=O)c1nnsc1NN=Cc1ccccc1. The molecule has 0 aliphatic heterocycles. The smallest absolute Gasteiger partial charge is 0.362 e. The van der Waals surface area contributed by atoms with Crippen LogP contribution in [0.4, 0.5) is 5.00 Å². The Bertz CT molecular complexity index is 568. The van der Waals surface area contributed by atoms with Crippen molar-refractivity contribution >= 4 is 28.7 Å². The predicted octanol–water partition coefficient (Wildman–Crippen LogP) is 2.16. The first-order valence-corrected chi connectivity index (χ1v) is 6.42. The highest BCUT2D eigenvalue weighted by atomic mass is 32.1. The van der Waals surface area contributed by atoms with Crippen LogP contribution in [0.2, 0.25) is 0 Å². The molecule has 1 heterocycles. The van der Waals surface area contributed by atoms with E-state index in [0.29, 0.717) is 11.6 Å². The predicted molar refractivity (Wildman–Crippen MR) is 73.5 cm³/mol. The summed E-state index contributed by atoms with van der Waals surface area (Å²) in [6, 6.07) is 9.60. The first kappa shape index (κ1) is 13.2. The second kappa shape index (κ2) is 6.60. The number of nitrogens with zero attached hydrogens (tertiary/aromatic N) is 3. The highest BCUT2D eigenvalue weighted by Crippen LogP contribution is 2.18. The quantitative estimate of drug-likeness (QED) is 0.514. The molecule has 0 radical (unpaired) electrons. The molecule has 7 heteroatoms. The van der Waals surface area contributed by atoms with E-state index in [9.17, 15) is 4.79 Å². The van der Waals surface area contributed by atoms with Gasteiger partial charge in [0.25, 0.3) is 0 Å². The highest BCUT2D eigenvalue weighted by molar-refractivity contribution is 7.10. The maximum absolute atomic E-state index is 11.5. The Balaban J connectivity index is 2.02. The third-order valence-corrected chi connectivity index (χ3v) is 2.77. The normalized spacial score (nSPS) is 10.6. The van der Waals surface area contributed by atoms with E-state index in [0.717, 1.165) is 17.1 Å². The molecule has 0 saturated heterocycles. The average molecular weight is 276 g/mol. The standard InChI is InChI=1S/C12H12N4O2S/c1-2-18-12(17)10-11(19-16-14-10)15-13-8-9-6-4-3-5-7-9/h3-8,15H,2H2,1H3. The van der Waals surface area contributed by atoms with E-state index < -0.39 is 5.97 Å². The average Bonchev–Trinajstić information content (AvgIpc) is 2.89. The number of nitrogens with one attached hydrogen (secondary N) is 1. The zero-order chi connectivity index (χ0) is 13.5. The van der Waals surface area contributed by atoms with Crippen molar-refractivity contribution in [1.29, 1.82) is 0 Å². The number of carbonyl (C=O) groups excluding carboxylic acids is 1. The number of hydrogen-bond donors (Lipinski definition) is 1. The van der Waals surface area contributed by atoms with Crippen molar-refractivity contribution in [1.82, 2.24) is 9.59 Å². The maximum atomic E-state index is 11.5. The number of hydrazone groups is 1. The summed E-state index contributed by atoms with van der Waals surface area (Å²) in [5.41, 5.74) is 3.84. The zero-order valence-electron chi connectivity index (χ0n) is 10.2. The van der Waals surface area contributed by atoms with E-state index in [1.165, 1.54) is 0 Å². The highest BCUT2D eigenvalue weighted by Gasteiger charge is 2.17. The Kier molecular flexibility index (Phi) is 4.57. The van der Waals surface area contributed by atoms with Crippen molar-refractivity contribution in [3.8, 4) is 0 Å². The Hall–Kier alpha value is -2.28. The van der Waals surface area contributed by atoms with Gasteiger partial charge >= 0.3 is 5.97 Å². The Morgan fingerprint density at radius 2 is 2.26 bits per heavy atom. The lowest BCUT2D eigenvalue weighted by Gasteiger charge is -2.00. The van der Waals surface area contributed by atoms with Crippen LogP contribution in [0.25, 0.3) is 0 Å². The number of benzene rings is 1. The van der Waals surface area contributed by atoms with Crippen LogP contribution in [-0.2, 0) is 4.74 Å². The summed E-state index contributed by atoms with van der Waals surface area (Å²) in [5, 5.41) is 8.22. The molecule has 0 aliphatic carbocycles. The lowest BCUT2D eigenvalue weighted by atomic mass is 10.2. The molecule has 19 heavy (non-hydrogen) atoms. The van der Waals surface area contributed by atoms with Crippen LogP contribution in [0.5, 0.6) is 0 Å². The van der Waals surface area contributed by atoms with Crippen LogP contribution < -0.4 is 5.43 Å². The first-order valence-electron chi connectivity index (χ1n) is 5.65. The topological polar surface area (TPSA) is 76.5 Å². The van der Waals surface area contributed by atoms with E-state index in [2.05, 4.69) is 20.1 Å².